The average Bonchev–Trinajstić information content (AvgIpc) is 2.47. The van der Waals surface area contributed by atoms with Crippen LogP contribution in [-0.2, 0) is 4.79 Å². The van der Waals surface area contributed by atoms with Gasteiger partial charge in [-0.3, -0.25) is 14.9 Å². The van der Waals surface area contributed by atoms with Crippen LogP contribution in [0.15, 0.2) is 36.4 Å². The van der Waals surface area contributed by atoms with Gasteiger partial charge in [-0.2, -0.15) is 4.39 Å². The highest BCUT2D eigenvalue weighted by Crippen LogP contribution is 2.22. The van der Waals surface area contributed by atoms with Gasteiger partial charge >= 0.3 is 5.69 Å². The Morgan fingerprint density at radius 3 is 2.42 bits per heavy atom. The number of carbonyl (C=O) groups excluding carboxylic acids is 1. The molecule has 0 fully saturated rings. The van der Waals surface area contributed by atoms with Crippen LogP contribution in [0.2, 0.25) is 0 Å². The summed E-state index contributed by atoms with van der Waals surface area (Å²) in [6, 6.07) is 8.75. The van der Waals surface area contributed by atoms with E-state index in [-0.39, 0.29) is 5.69 Å². The number of halogens is 1. The molecule has 0 saturated heterocycles. The largest absolute Gasteiger partial charge is 0.481 e. The molecule has 0 aromatic heterocycles. The molecule has 1 N–H and O–H groups in total. The predicted octanol–water partition coefficient (Wildman–Crippen LogP) is 3.76. The van der Waals surface area contributed by atoms with Crippen molar-refractivity contribution in [1.82, 2.24) is 0 Å². The van der Waals surface area contributed by atoms with Gasteiger partial charge < -0.3 is 10.1 Å². The van der Waals surface area contributed by atoms with Crippen molar-refractivity contribution in [2.75, 3.05) is 5.32 Å². The summed E-state index contributed by atoms with van der Waals surface area (Å²) < 4.78 is 18.9. The van der Waals surface area contributed by atoms with Crippen molar-refractivity contribution in [1.29, 1.82) is 0 Å². The molecule has 0 bridgehead atoms. The SMILES string of the molecule is Cc1cc(C)cc(OC(C)C(=O)Nc2ccc(F)c([N+](=O)[O-])c2)c1. The van der Waals surface area contributed by atoms with E-state index < -0.39 is 28.4 Å². The maximum Gasteiger partial charge on any atom is 0.306 e. The maximum atomic E-state index is 13.3. The zero-order valence-corrected chi connectivity index (χ0v) is 13.5. The summed E-state index contributed by atoms with van der Waals surface area (Å²) in [6.07, 6.45) is -0.824. The molecule has 126 valence electrons. The van der Waals surface area contributed by atoms with Crippen LogP contribution in [0.3, 0.4) is 0 Å². The van der Waals surface area contributed by atoms with E-state index in [0.29, 0.717) is 5.75 Å². The molecule has 1 unspecified atom stereocenters. The molecule has 0 aliphatic heterocycles. The van der Waals surface area contributed by atoms with E-state index >= 15 is 0 Å². The molecule has 2 aromatic carbocycles. The Hall–Kier alpha value is -2.96. The molecule has 1 atom stereocenters. The van der Waals surface area contributed by atoms with Crippen molar-refractivity contribution < 1.29 is 18.8 Å². The fourth-order valence-electron chi connectivity index (χ4n) is 2.23. The number of ether oxygens (including phenoxy) is 1. The summed E-state index contributed by atoms with van der Waals surface area (Å²) in [5, 5.41) is 13.2. The Balaban J connectivity index is 2.09. The first-order valence-electron chi connectivity index (χ1n) is 7.26. The minimum atomic E-state index is -0.961. The quantitative estimate of drug-likeness (QED) is 0.668. The van der Waals surface area contributed by atoms with Gasteiger partial charge in [0.15, 0.2) is 6.10 Å². The maximum absolute atomic E-state index is 13.3. The highest BCUT2D eigenvalue weighted by atomic mass is 19.1. The molecule has 2 rings (SSSR count). The van der Waals surface area contributed by atoms with Gasteiger partial charge in [0.2, 0.25) is 5.82 Å². The van der Waals surface area contributed by atoms with Crippen molar-refractivity contribution in [3.05, 3.63) is 63.5 Å². The first kappa shape index (κ1) is 17.4. The predicted molar refractivity (Wildman–Crippen MR) is 87.7 cm³/mol. The molecule has 0 spiro atoms. The fourth-order valence-corrected chi connectivity index (χ4v) is 2.23. The van der Waals surface area contributed by atoms with Gasteiger partial charge in [0, 0.05) is 11.8 Å². The first-order valence-corrected chi connectivity index (χ1v) is 7.26. The Kier molecular flexibility index (Phi) is 5.13. The summed E-state index contributed by atoms with van der Waals surface area (Å²) in [7, 11) is 0. The van der Waals surface area contributed by atoms with Crippen LogP contribution < -0.4 is 10.1 Å². The second kappa shape index (κ2) is 7.08. The van der Waals surface area contributed by atoms with E-state index in [9.17, 15) is 19.3 Å². The van der Waals surface area contributed by atoms with Gasteiger partial charge in [0.25, 0.3) is 5.91 Å². The summed E-state index contributed by atoms with van der Waals surface area (Å²) in [4.78, 5) is 22.0. The van der Waals surface area contributed by atoms with E-state index in [1.807, 2.05) is 19.9 Å². The Bertz CT molecular complexity index is 772. The fraction of sp³-hybridized carbons (Fsp3) is 0.235. The van der Waals surface area contributed by atoms with Gasteiger partial charge in [-0.25, -0.2) is 0 Å². The zero-order chi connectivity index (χ0) is 17.9. The van der Waals surface area contributed by atoms with Crippen LogP contribution in [0.25, 0.3) is 0 Å². The average molecular weight is 332 g/mol. The summed E-state index contributed by atoms with van der Waals surface area (Å²) in [5.41, 5.74) is 1.44. The molecule has 0 radical (unpaired) electrons. The molecular formula is C17H17FN2O4. The lowest BCUT2D eigenvalue weighted by Crippen LogP contribution is -2.30. The number of nitrogens with one attached hydrogen (secondary N) is 1. The molecule has 0 heterocycles. The standard InChI is InChI=1S/C17H17FN2O4/c1-10-6-11(2)8-14(7-10)24-12(3)17(21)19-13-4-5-15(18)16(9-13)20(22)23/h4-9,12H,1-3H3,(H,19,21). The van der Waals surface area contributed by atoms with E-state index in [2.05, 4.69) is 5.32 Å². The van der Waals surface area contributed by atoms with Crippen molar-refractivity contribution in [2.24, 2.45) is 0 Å². The number of hydrogen-bond donors (Lipinski definition) is 1. The lowest BCUT2D eigenvalue weighted by molar-refractivity contribution is -0.387. The molecule has 0 aliphatic carbocycles. The number of amides is 1. The van der Waals surface area contributed by atoms with Crippen molar-refractivity contribution in [3.63, 3.8) is 0 Å². The number of carbonyl (C=O) groups is 1. The van der Waals surface area contributed by atoms with Crippen LogP contribution >= 0.6 is 0 Å². The van der Waals surface area contributed by atoms with Gasteiger partial charge in [0.1, 0.15) is 5.75 Å². The molecule has 24 heavy (non-hydrogen) atoms. The molecule has 6 nitrogen and oxygen atoms in total. The second-order valence-electron chi connectivity index (χ2n) is 5.50. The molecule has 2 aromatic rings. The van der Waals surface area contributed by atoms with Gasteiger partial charge in [-0.1, -0.05) is 6.07 Å². The van der Waals surface area contributed by atoms with Crippen LogP contribution in [-0.4, -0.2) is 16.9 Å². The lowest BCUT2D eigenvalue weighted by Gasteiger charge is -2.15. The molecule has 1 amide bonds. The molecule has 0 aliphatic rings. The van der Waals surface area contributed by atoms with E-state index in [4.69, 9.17) is 4.74 Å². The number of nitro benzene ring substituents is 1. The smallest absolute Gasteiger partial charge is 0.306 e. The third-order valence-corrected chi connectivity index (χ3v) is 3.29. The number of benzene rings is 2. The van der Waals surface area contributed by atoms with Gasteiger partial charge in [0.05, 0.1) is 4.92 Å². The van der Waals surface area contributed by atoms with E-state index in [1.54, 1.807) is 19.1 Å². The van der Waals surface area contributed by atoms with Crippen molar-refractivity contribution in [2.45, 2.75) is 26.9 Å². The van der Waals surface area contributed by atoms with Crippen molar-refractivity contribution in [3.8, 4) is 5.75 Å². The number of aryl methyl sites for hydroxylation is 2. The van der Waals surface area contributed by atoms with Crippen molar-refractivity contribution >= 4 is 17.3 Å². The summed E-state index contributed by atoms with van der Waals surface area (Å²) in [6.45, 7) is 5.40. The topological polar surface area (TPSA) is 81.5 Å². The zero-order valence-electron chi connectivity index (χ0n) is 13.5. The van der Waals surface area contributed by atoms with Crippen LogP contribution in [0.4, 0.5) is 15.8 Å². The normalized spacial score (nSPS) is 11.7. The highest BCUT2D eigenvalue weighted by Gasteiger charge is 2.19. The first-order chi connectivity index (χ1) is 11.3. The molecular weight excluding hydrogens is 315 g/mol. The van der Waals surface area contributed by atoms with Gasteiger partial charge in [-0.05, 0) is 56.2 Å². The van der Waals surface area contributed by atoms with Crippen LogP contribution in [0, 0.1) is 29.8 Å². The highest BCUT2D eigenvalue weighted by molar-refractivity contribution is 5.94. The monoisotopic (exact) mass is 332 g/mol. The Morgan fingerprint density at radius 2 is 1.83 bits per heavy atom. The number of nitrogens with zero attached hydrogens (tertiary/aromatic N) is 1. The number of anilines is 1. The van der Waals surface area contributed by atoms with E-state index in [1.165, 1.54) is 6.07 Å². The summed E-state index contributed by atoms with van der Waals surface area (Å²) in [5.74, 6) is -0.896. The van der Waals surface area contributed by atoms with Crippen LogP contribution in [0.1, 0.15) is 18.1 Å². The van der Waals surface area contributed by atoms with Gasteiger partial charge in [-0.15, -0.1) is 0 Å². The number of hydrogen-bond acceptors (Lipinski definition) is 4. The summed E-state index contributed by atoms with van der Waals surface area (Å²) >= 11 is 0. The minimum Gasteiger partial charge on any atom is -0.481 e. The molecule has 7 heteroatoms. The lowest BCUT2D eigenvalue weighted by atomic mass is 10.1. The number of rotatable bonds is 5. The third kappa shape index (κ3) is 4.28. The second-order valence-corrected chi connectivity index (χ2v) is 5.50. The number of nitro groups is 1. The van der Waals surface area contributed by atoms with E-state index in [0.717, 1.165) is 23.3 Å². The Morgan fingerprint density at radius 1 is 1.21 bits per heavy atom. The Labute approximate surface area is 138 Å². The third-order valence-electron chi connectivity index (χ3n) is 3.29. The minimum absolute atomic E-state index is 0.129. The molecule has 0 saturated carbocycles. The van der Waals surface area contributed by atoms with Crippen LogP contribution in [0.5, 0.6) is 5.75 Å².